The fraction of sp³-hybridized carbons (Fsp3) is 0.286. The summed E-state index contributed by atoms with van der Waals surface area (Å²) >= 11 is 0. The van der Waals surface area contributed by atoms with E-state index < -0.39 is 6.36 Å². The molecule has 1 aliphatic rings. The van der Waals surface area contributed by atoms with Gasteiger partial charge in [-0.1, -0.05) is 37.3 Å². The van der Waals surface area contributed by atoms with E-state index in [1.807, 2.05) is 0 Å². The van der Waals surface area contributed by atoms with Crippen LogP contribution in [0.25, 0.3) is 0 Å². The average molecular weight is 503 g/mol. The topological polar surface area (TPSA) is 24.5 Å². The lowest BCUT2D eigenvalue weighted by Crippen LogP contribution is -2.33. The number of alkyl halides is 3. The molecule has 8 heteroatoms. The second kappa shape index (κ2) is 11.0. The van der Waals surface area contributed by atoms with E-state index >= 15 is 0 Å². The van der Waals surface area contributed by atoms with Crippen molar-refractivity contribution in [1.29, 1.82) is 0 Å². The number of rotatable bonds is 7. The zero-order valence-electron chi connectivity index (χ0n) is 19.6. The Morgan fingerprint density at radius 1 is 0.861 bits per heavy atom. The van der Waals surface area contributed by atoms with Crippen molar-refractivity contribution in [1.82, 2.24) is 4.90 Å². The van der Waals surface area contributed by atoms with Gasteiger partial charge in [-0.05, 0) is 78.4 Å². The van der Waals surface area contributed by atoms with E-state index in [9.17, 15) is 22.0 Å². The van der Waals surface area contributed by atoms with Crippen molar-refractivity contribution < 1.29 is 26.7 Å². The molecule has 0 aliphatic carbocycles. The van der Waals surface area contributed by atoms with Crippen LogP contribution >= 0.6 is 0 Å². The number of ether oxygens (including phenoxy) is 1. The number of nitrogens with zero attached hydrogens (tertiary/aromatic N) is 1. The van der Waals surface area contributed by atoms with Gasteiger partial charge in [0.1, 0.15) is 17.4 Å². The van der Waals surface area contributed by atoms with Crippen molar-refractivity contribution in [2.45, 2.75) is 31.5 Å². The van der Waals surface area contributed by atoms with Crippen LogP contribution in [0, 0.1) is 17.6 Å². The molecule has 190 valence electrons. The molecule has 0 aromatic heterocycles. The lowest BCUT2D eigenvalue weighted by Gasteiger charge is -2.33. The second-order valence-electron chi connectivity index (χ2n) is 8.93. The maximum atomic E-state index is 13.7. The molecule has 1 unspecified atom stereocenters. The average Bonchev–Trinajstić information content (AvgIpc) is 3.08. The SMILES string of the molecule is C=C(Nc1ccc(OC(F)(F)F)cc1)N1CCCCC(C(c2ccc(F)cc2)c2ccc(F)cc2)C1. The molecular weight excluding hydrogens is 475 g/mol. The summed E-state index contributed by atoms with van der Waals surface area (Å²) in [6.45, 7) is 5.58. The summed E-state index contributed by atoms with van der Waals surface area (Å²) in [5.41, 5.74) is 2.49. The lowest BCUT2D eigenvalue weighted by molar-refractivity contribution is -0.274. The van der Waals surface area contributed by atoms with Gasteiger partial charge in [-0.2, -0.15) is 0 Å². The number of hydrogen-bond donors (Lipinski definition) is 1. The highest BCUT2D eigenvalue weighted by Gasteiger charge is 2.31. The second-order valence-corrected chi connectivity index (χ2v) is 8.93. The molecule has 4 rings (SSSR count). The first-order chi connectivity index (χ1) is 17.2. The molecule has 0 radical (unpaired) electrons. The maximum Gasteiger partial charge on any atom is 0.573 e. The van der Waals surface area contributed by atoms with E-state index in [4.69, 9.17) is 0 Å². The highest BCUT2D eigenvalue weighted by molar-refractivity contribution is 5.50. The van der Waals surface area contributed by atoms with Crippen molar-refractivity contribution >= 4 is 5.69 Å². The molecule has 1 atom stereocenters. The van der Waals surface area contributed by atoms with Gasteiger partial charge in [-0.25, -0.2) is 8.78 Å². The summed E-state index contributed by atoms with van der Waals surface area (Å²) < 4.78 is 68.5. The van der Waals surface area contributed by atoms with Gasteiger partial charge >= 0.3 is 6.36 Å². The third-order valence-electron chi connectivity index (χ3n) is 6.40. The number of likely N-dealkylation sites (tertiary alicyclic amines) is 1. The molecule has 3 aromatic rings. The minimum atomic E-state index is -4.74. The third-order valence-corrected chi connectivity index (χ3v) is 6.40. The summed E-state index contributed by atoms with van der Waals surface area (Å²) in [6, 6.07) is 18.3. The molecule has 0 bridgehead atoms. The van der Waals surface area contributed by atoms with Gasteiger partial charge in [-0.3, -0.25) is 0 Å². The van der Waals surface area contributed by atoms with Crippen LogP contribution in [0.1, 0.15) is 36.3 Å². The first kappa shape index (κ1) is 25.5. The van der Waals surface area contributed by atoms with Crippen LogP contribution in [-0.2, 0) is 0 Å². The van der Waals surface area contributed by atoms with Crippen LogP contribution in [0.3, 0.4) is 0 Å². The number of benzene rings is 3. The van der Waals surface area contributed by atoms with Gasteiger partial charge in [0, 0.05) is 24.7 Å². The van der Waals surface area contributed by atoms with E-state index in [0.717, 1.165) is 36.9 Å². The standard InChI is InChI=1S/C28H27F5N2O/c1-19(34-25-13-15-26(16-14-25)36-28(31,32)33)35-17-3-2-4-22(18-35)27(20-5-9-23(29)10-6-20)21-7-11-24(30)12-8-21/h5-16,22,27,34H,1-4,17-18H2. The predicted molar refractivity (Wildman–Crippen MR) is 129 cm³/mol. The van der Waals surface area contributed by atoms with Gasteiger partial charge in [0.25, 0.3) is 0 Å². The summed E-state index contributed by atoms with van der Waals surface area (Å²) in [5.74, 6) is -0.229. The van der Waals surface area contributed by atoms with Crippen LogP contribution in [0.2, 0.25) is 0 Å². The summed E-state index contributed by atoms with van der Waals surface area (Å²) in [7, 11) is 0. The Morgan fingerprint density at radius 3 is 1.94 bits per heavy atom. The molecule has 1 N–H and O–H groups in total. The summed E-state index contributed by atoms with van der Waals surface area (Å²) in [6.07, 6.45) is -1.90. The molecule has 0 spiro atoms. The Balaban J connectivity index is 1.52. The molecule has 3 nitrogen and oxygen atoms in total. The molecule has 3 aromatic carbocycles. The van der Waals surface area contributed by atoms with Crippen molar-refractivity contribution in [2.24, 2.45) is 5.92 Å². The molecular formula is C28H27F5N2O. The van der Waals surface area contributed by atoms with Gasteiger partial charge in [-0.15, -0.1) is 13.2 Å². The first-order valence-corrected chi connectivity index (χ1v) is 11.8. The van der Waals surface area contributed by atoms with E-state index in [1.54, 1.807) is 24.3 Å². The normalized spacial score (nSPS) is 16.5. The number of halogens is 5. The summed E-state index contributed by atoms with van der Waals surface area (Å²) in [5, 5.41) is 3.18. The van der Waals surface area contributed by atoms with Crippen molar-refractivity contribution in [2.75, 3.05) is 18.4 Å². The molecule has 1 fully saturated rings. The Labute approximate surface area is 207 Å². The zero-order chi connectivity index (χ0) is 25.7. The monoisotopic (exact) mass is 502 g/mol. The van der Waals surface area contributed by atoms with E-state index in [1.165, 1.54) is 48.5 Å². The van der Waals surface area contributed by atoms with Gasteiger partial charge in [0.15, 0.2) is 0 Å². The Kier molecular flexibility index (Phi) is 7.82. The fourth-order valence-corrected chi connectivity index (χ4v) is 4.75. The zero-order valence-corrected chi connectivity index (χ0v) is 19.6. The Bertz CT molecular complexity index is 1100. The molecule has 36 heavy (non-hydrogen) atoms. The fourth-order valence-electron chi connectivity index (χ4n) is 4.75. The molecule has 0 amide bonds. The van der Waals surface area contributed by atoms with Crippen LogP contribution in [0.4, 0.5) is 27.6 Å². The van der Waals surface area contributed by atoms with Gasteiger partial charge < -0.3 is 15.0 Å². The third kappa shape index (κ3) is 6.77. The van der Waals surface area contributed by atoms with E-state index in [-0.39, 0.29) is 29.2 Å². The van der Waals surface area contributed by atoms with E-state index in [0.29, 0.717) is 18.1 Å². The Hall–Kier alpha value is -3.55. The predicted octanol–water partition coefficient (Wildman–Crippen LogP) is 7.68. The van der Waals surface area contributed by atoms with Crippen LogP contribution in [0.15, 0.2) is 85.2 Å². The minimum Gasteiger partial charge on any atom is -0.406 e. The summed E-state index contributed by atoms with van der Waals surface area (Å²) in [4.78, 5) is 2.12. The quantitative estimate of drug-likeness (QED) is 0.336. The smallest absolute Gasteiger partial charge is 0.406 e. The number of nitrogens with one attached hydrogen (secondary N) is 1. The van der Waals surface area contributed by atoms with E-state index in [2.05, 4.69) is 21.5 Å². The lowest BCUT2D eigenvalue weighted by atomic mass is 9.78. The first-order valence-electron chi connectivity index (χ1n) is 11.8. The van der Waals surface area contributed by atoms with Crippen molar-refractivity contribution in [3.05, 3.63) is 108 Å². The van der Waals surface area contributed by atoms with Gasteiger partial charge in [0.05, 0.1) is 5.82 Å². The maximum absolute atomic E-state index is 13.7. The highest BCUT2D eigenvalue weighted by Crippen LogP contribution is 2.38. The Morgan fingerprint density at radius 2 is 1.42 bits per heavy atom. The molecule has 1 heterocycles. The van der Waals surface area contributed by atoms with Crippen molar-refractivity contribution in [3.8, 4) is 5.75 Å². The number of hydrogen-bond acceptors (Lipinski definition) is 3. The van der Waals surface area contributed by atoms with Crippen LogP contribution in [0.5, 0.6) is 5.75 Å². The molecule has 1 aliphatic heterocycles. The largest absolute Gasteiger partial charge is 0.573 e. The van der Waals surface area contributed by atoms with Gasteiger partial charge in [0.2, 0.25) is 0 Å². The molecule has 0 saturated carbocycles. The van der Waals surface area contributed by atoms with Crippen molar-refractivity contribution in [3.63, 3.8) is 0 Å². The number of anilines is 1. The van der Waals surface area contributed by atoms with Crippen LogP contribution < -0.4 is 10.1 Å². The highest BCUT2D eigenvalue weighted by atomic mass is 19.4. The van der Waals surface area contributed by atoms with Crippen LogP contribution in [-0.4, -0.2) is 24.4 Å². The minimum absolute atomic E-state index is 0.0709. The molecule has 1 saturated heterocycles.